The summed E-state index contributed by atoms with van der Waals surface area (Å²) in [4.78, 5) is 28.8. The van der Waals surface area contributed by atoms with Gasteiger partial charge in [-0.15, -0.1) is 0 Å². The quantitative estimate of drug-likeness (QED) is 0.368. The van der Waals surface area contributed by atoms with Crippen molar-refractivity contribution in [3.05, 3.63) is 101 Å². The molecule has 1 N–H and O–H groups in total. The first-order valence-corrected chi connectivity index (χ1v) is 14.0. The van der Waals surface area contributed by atoms with Crippen LogP contribution in [-0.2, 0) is 32.8 Å². The van der Waals surface area contributed by atoms with Gasteiger partial charge in [-0.3, -0.25) is 9.59 Å². The molecule has 3 rings (SSSR count). The molecule has 0 radical (unpaired) electrons. The molecule has 38 heavy (non-hydrogen) atoms. The molecular weight excluding hydrogens is 524 g/mol. The number of hydrogen-bond donors (Lipinski definition) is 1. The summed E-state index contributed by atoms with van der Waals surface area (Å²) in [5, 5.41) is 3.27. The highest BCUT2D eigenvalue weighted by Crippen LogP contribution is 2.23. The van der Waals surface area contributed by atoms with Crippen molar-refractivity contribution >= 4 is 39.3 Å². The second-order valence-electron chi connectivity index (χ2n) is 8.85. The number of nitrogens with zero attached hydrogens (tertiary/aromatic N) is 3. The first-order valence-electron chi connectivity index (χ1n) is 12.2. The Hall–Kier alpha value is -3.40. The highest BCUT2D eigenvalue weighted by Gasteiger charge is 2.34. The van der Waals surface area contributed by atoms with Crippen LogP contribution in [0, 0.1) is 0 Å². The smallest absolute Gasteiger partial charge is 0.304 e. The summed E-state index contributed by atoms with van der Waals surface area (Å²) >= 11 is 6.44. The van der Waals surface area contributed by atoms with Crippen molar-refractivity contribution in [2.24, 2.45) is 0 Å². The molecule has 0 spiro atoms. The zero-order chi connectivity index (χ0) is 27.7. The van der Waals surface area contributed by atoms with Gasteiger partial charge >= 0.3 is 10.2 Å². The van der Waals surface area contributed by atoms with Gasteiger partial charge in [0.2, 0.25) is 11.8 Å². The van der Waals surface area contributed by atoms with Crippen LogP contribution in [0.25, 0.3) is 0 Å². The number of amides is 2. The molecule has 202 valence electrons. The third kappa shape index (κ3) is 7.34. The van der Waals surface area contributed by atoms with Gasteiger partial charge in [0.1, 0.15) is 12.6 Å². The Balaban J connectivity index is 2.07. The molecule has 3 aromatic rings. The third-order valence-corrected chi connectivity index (χ3v) is 8.17. The molecule has 0 heterocycles. The maximum absolute atomic E-state index is 14.0. The summed E-state index contributed by atoms with van der Waals surface area (Å²) in [5.41, 5.74) is 1.85. The summed E-state index contributed by atoms with van der Waals surface area (Å²) in [7, 11) is -1.21. The van der Waals surface area contributed by atoms with Crippen LogP contribution in [0.4, 0.5) is 5.69 Å². The first-order chi connectivity index (χ1) is 18.1. The standard InChI is InChI=1S/C28H33ClN4O4S/c1-4-30-28(35)26(19-22-13-7-5-8-14-22)32(20-23-15-11-12-18-25(23)29)27(34)21-33(38(36,37)31(2)3)24-16-9-6-10-17-24/h5-18,26H,4,19-21H2,1-3H3,(H,30,35)/t26-/m0/s1. The molecule has 0 aliphatic rings. The van der Waals surface area contributed by atoms with Gasteiger partial charge in [-0.2, -0.15) is 12.7 Å². The molecular formula is C28H33ClN4O4S. The maximum atomic E-state index is 14.0. The molecule has 0 fully saturated rings. The van der Waals surface area contributed by atoms with Crippen molar-refractivity contribution in [2.75, 3.05) is 31.5 Å². The minimum atomic E-state index is -4.02. The third-order valence-electron chi connectivity index (χ3n) is 5.98. The van der Waals surface area contributed by atoms with Crippen molar-refractivity contribution in [1.29, 1.82) is 0 Å². The molecule has 3 aromatic carbocycles. The summed E-state index contributed by atoms with van der Waals surface area (Å²) < 4.78 is 28.7. The Morgan fingerprint density at radius 2 is 1.47 bits per heavy atom. The zero-order valence-electron chi connectivity index (χ0n) is 21.7. The van der Waals surface area contributed by atoms with Gasteiger partial charge in [-0.1, -0.05) is 78.3 Å². The Bertz CT molecular complexity index is 1320. The lowest BCUT2D eigenvalue weighted by Crippen LogP contribution is -2.54. The molecule has 1 atom stereocenters. The molecule has 0 saturated carbocycles. The number of hydrogen-bond acceptors (Lipinski definition) is 4. The van der Waals surface area contributed by atoms with Crippen molar-refractivity contribution in [1.82, 2.24) is 14.5 Å². The Morgan fingerprint density at radius 1 is 0.895 bits per heavy atom. The lowest BCUT2D eigenvalue weighted by atomic mass is 10.0. The van der Waals surface area contributed by atoms with E-state index in [9.17, 15) is 18.0 Å². The number of carbonyl (C=O) groups is 2. The Kier molecular flexibility index (Phi) is 10.3. The van der Waals surface area contributed by atoms with Crippen LogP contribution in [0.1, 0.15) is 18.1 Å². The fourth-order valence-electron chi connectivity index (χ4n) is 3.97. The number of nitrogens with one attached hydrogen (secondary N) is 1. The number of anilines is 1. The highest BCUT2D eigenvalue weighted by molar-refractivity contribution is 7.90. The lowest BCUT2D eigenvalue weighted by Gasteiger charge is -2.34. The molecule has 2 amide bonds. The maximum Gasteiger partial charge on any atom is 0.304 e. The molecule has 0 aliphatic heterocycles. The minimum absolute atomic E-state index is 0.0256. The van der Waals surface area contributed by atoms with Crippen LogP contribution < -0.4 is 9.62 Å². The average Bonchev–Trinajstić information content (AvgIpc) is 2.91. The van der Waals surface area contributed by atoms with Gasteiger partial charge in [0.05, 0.1) is 5.69 Å². The van der Waals surface area contributed by atoms with Crippen molar-refractivity contribution in [3.8, 4) is 0 Å². The van der Waals surface area contributed by atoms with Gasteiger partial charge in [0.25, 0.3) is 0 Å². The summed E-state index contributed by atoms with van der Waals surface area (Å²) in [6, 6.07) is 24.0. The fraction of sp³-hybridized carbons (Fsp3) is 0.286. The lowest BCUT2D eigenvalue weighted by molar-refractivity contribution is -0.140. The summed E-state index contributed by atoms with van der Waals surface area (Å²) in [5.74, 6) is -0.870. The van der Waals surface area contributed by atoms with Crippen LogP contribution in [0.3, 0.4) is 0 Å². The number of para-hydroxylation sites is 1. The van der Waals surface area contributed by atoms with E-state index >= 15 is 0 Å². The second-order valence-corrected chi connectivity index (χ2v) is 11.3. The number of benzene rings is 3. The van der Waals surface area contributed by atoms with Gasteiger partial charge in [0, 0.05) is 38.6 Å². The van der Waals surface area contributed by atoms with Gasteiger partial charge in [-0.25, -0.2) is 4.31 Å². The van der Waals surface area contributed by atoms with Crippen molar-refractivity contribution in [2.45, 2.75) is 25.9 Å². The predicted octanol–water partition coefficient (Wildman–Crippen LogP) is 3.73. The van der Waals surface area contributed by atoms with Crippen LogP contribution >= 0.6 is 11.6 Å². The number of likely N-dealkylation sites (N-methyl/N-ethyl adjacent to an activating group) is 1. The van der Waals surface area contributed by atoms with Crippen LogP contribution in [0.5, 0.6) is 0 Å². The fourth-order valence-corrected chi connectivity index (χ4v) is 5.22. The van der Waals surface area contributed by atoms with Crippen LogP contribution in [-0.4, -0.2) is 62.7 Å². The zero-order valence-corrected chi connectivity index (χ0v) is 23.3. The number of rotatable bonds is 12. The van der Waals surface area contributed by atoms with Gasteiger partial charge < -0.3 is 10.2 Å². The van der Waals surface area contributed by atoms with E-state index in [4.69, 9.17) is 11.6 Å². The van der Waals surface area contributed by atoms with Crippen molar-refractivity contribution < 1.29 is 18.0 Å². The number of carbonyl (C=O) groups excluding carboxylic acids is 2. The van der Waals surface area contributed by atoms with E-state index in [2.05, 4.69) is 5.32 Å². The van der Waals surface area contributed by atoms with E-state index in [-0.39, 0.29) is 18.9 Å². The van der Waals surface area contributed by atoms with Crippen LogP contribution in [0.2, 0.25) is 5.02 Å². The highest BCUT2D eigenvalue weighted by atomic mass is 35.5. The largest absolute Gasteiger partial charge is 0.355 e. The van der Waals surface area contributed by atoms with Crippen molar-refractivity contribution in [3.63, 3.8) is 0 Å². The van der Waals surface area contributed by atoms with E-state index in [1.807, 2.05) is 30.3 Å². The second kappa shape index (κ2) is 13.4. The summed E-state index contributed by atoms with van der Waals surface area (Å²) in [6.45, 7) is 1.71. The average molecular weight is 557 g/mol. The normalized spacial score (nSPS) is 12.1. The van der Waals surface area contributed by atoms with Gasteiger partial charge in [-0.05, 0) is 36.2 Å². The Labute approximate surface area is 230 Å². The molecule has 0 aliphatic carbocycles. The van der Waals surface area contributed by atoms with Gasteiger partial charge in [0.15, 0.2) is 0 Å². The minimum Gasteiger partial charge on any atom is -0.355 e. The molecule has 0 unspecified atom stereocenters. The van der Waals surface area contributed by atoms with E-state index in [0.717, 1.165) is 14.2 Å². The molecule has 0 bridgehead atoms. The monoisotopic (exact) mass is 556 g/mol. The van der Waals surface area contributed by atoms with E-state index in [1.54, 1.807) is 61.5 Å². The summed E-state index contributed by atoms with van der Waals surface area (Å²) in [6.07, 6.45) is 0.245. The van der Waals surface area contributed by atoms with E-state index in [0.29, 0.717) is 22.8 Å². The molecule has 8 nitrogen and oxygen atoms in total. The number of halogens is 1. The Morgan fingerprint density at radius 3 is 2.05 bits per heavy atom. The molecule has 0 aromatic heterocycles. The molecule has 0 saturated heterocycles. The SMILES string of the molecule is CCNC(=O)[C@H](Cc1ccccc1)N(Cc1ccccc1Cl)C(=O)CN(c1ccccc1)S(=O)(=O)N(C)C. The predicted molar refractivity (Wildman–Crippen MR) is 151 cm³/mol. The van der Waals surface area contributed by atoms with Crippen LogP contribution in [0.15, 0.2) is 84.9 Å². The first kappa shape index (κ1) is 29.2. The van der Waals surface area contributed by atoms with E-state index < -0.39 is 28.7 Å². The molecule has 10 heteroatoms. The van der Waals surface area contributed by atoms with E-state index in [1.165, 1.54) is 19.0 Å². The topological polar surface area (TPSA) is 90.0 Å².